The number of nitrogens with one attached hydrogen (secondary N) is 2. The first kappa shape index (κ1) is 28.5. The summed E-state index contributed by atoms with van der Waals surface area (Å²) < 4.78 is 5.81. The van der Waals surface area contributed by atoms with Crippen molar-refractivity contribution in [2.75, 3.05) is 0 Å². The second kappa shape index (κ2) is 15.9. The first-order valence-electron chi connectivity index (χ1n) is 13.5. The molecule has 2 aromatic carbocycles. The molecule has 1 aliphatic rings. The molecule has 1 aliphatic carbocycles. The van der Waals surface area contributed by atoms with Crippen LogP contribution in [-0.4, -0.2) is 35.0 Å². The van der Waals surface area contributed by atoms with E-state index in [2.05, 4.69) is 5.32 Å². The smallest absolute Gasteiger partial charge is 0.323 e. The number of hydrogen-bond donors (Lipinski definition) is 3. The lowest BCUT2D eigenvalue weighted by atomic mass is 10.0. The minimum absolute atomic E-state index is 0.0296. The SMILES string of the molecule is O=C(CCCCCCC(=O)NO)Cc1cccc(CN[C@@H](Cc2ccccc2)C(=O)OC2CCCC2)c1. The number of ether oxygens (including phenoxy) is 1. The average molecular weight is 509 g/mol. The van der Waals surface area contributed by atoms with Crippen molar-refractivity contribution in [2.45, 2.75) is 95.7 Å². The summed E-state index contributed by atoms with van der Waals surface area (Å²) in [6, 6.07) is 17.5. The Labute approximate surface area is 219 Å². The fraction of sp³-hybridized carbons (Fsp3) is 0.500. The number of hydroxylamine groups is 1. The van der Waals surface area contributed by atoms with E-state index in [0.717, 1.165) is 61.6 Å². The monoisotopic (exact) mass is 508 g/mol. The summed E-state index contributed by atoms with van der Waals surface area (Å²) in [5.41, 5.74) is 4.71. The van der Waals surface area contributed by atoms with Gasteiger partial charge in [-0.1, -0.05) is 67.4 Å². The van der Waals surface area contributed by atoms with Gasteiger partial charge in [-0.3, -0.25) is 19.6 Å². The van der Waals surface area contributed by atoms with Crippen molar-refractivity contribution in [1.82, 2.24) is 10.8 Å². The molecule has 7 heteroatoms. The van der Waals surface area contributed by atoms with Crippen molar-refractivity contribution in [3.8, 4) is 0 Å². The Morgan fingerprint density at radius 1 is 0.865 bits per heavy atom. The lowest BCUT2D eigenvalue weighted by Gasteiger charge is -2.21. The average Bonchev–Trinajstić information content (AvgIpc) is 3.42. The molecule has 1 atom stereocenters. The molecule has 0 saturated heterocycles. The number of ketones is 1. The molecule has 7 nitrogen and oxygen atoms in total. The van der Waals surface area contributed by atoms with Crippen LogP contribution in [0.4, 0.5) is 0 Å². The molecule has 0 bridgehead atoms. The maximum atomic E-state index is 13.0. The number of esters is 1. The lowest BCUT2D eigenvalue weighted by Crippen LogP contribution is -2.40. The third-order valence-corrected chi connectivity index (χ3v) is 6.83. The van der Waals surface area contributed by atoms with Crippen molar-refractivity contribution in [3.05, 3.63) is 71.3 Å². The van der Waals surface area contributed by atoms with Gasteiger partial charge in [0.15, 0.2) is 0 Å². The minimum Gasteiger partial charge on any atom is -0.461 e. The maximum absolute atomic E-state index is 13.0. The summed E-state index contributed by atoms with van der Waals surface area (Å²) >= 11 is 0. The molecule has 200 valence electrons. The Bertz CT molecular complexity index is 988. The maximum Gasteiger partial charge on any atom is 0.323 e. The highest BCUT2D eigenvalue weighted by molar-refractivity contribution is 5.80. The van der Waals surface area contributed by atoms with Gasteiger partial charge in [0.25, 0.3) is 0 Å². The molecule has 0 heterocycles. The van der Waals surface area contributed by atoms with Gasteiger partial charge < -0.3 is 10.1 Å². The molecule has 0 aromatic heterocycles. The third-order valence-electron chi connectivity index (χ3n) is 6.83. The van der Waals surface area contributed by atoms with Crippen molar-refractivity contribution in [1.29, 1.82) is 0 Å². The zero-order chi connectivity index (χ0) is 26.3. The van der Waals surface area contributed by atoms with E-state index >= 15 is 0 Å². The summed E-state index contributed by atoms with van der Waals surface area (Å²) in [6.07, 6.45) is 9.16. The van der Waals surface area contributed by atoms with Gasteiger partial charge in [-0.25, -0.2) is 5.48 Å². The molecule has 1 saturated carbocycles. The highest BCUT2D eigenvalue weighted by atomic mass is 16.5. The van der Waals surface area contributed by atoms with E-state index in [1.165, 1.54) is 0 Å². The molecule has 3 rings (SSSR count). The molecular formula is C30H40N2O5. The predicted octanol–water partition coefficient (Wildman–Crippen LogP) is 4.83. The summed E-state index contributed by atoms with van der Waals surface area (Å²) in [7, 11) is 0. The molecular weight excluding hydrogens is 468 g/mol. The number of carbonyl (C=O) groups excluding carboxylic acids is 3. The summed E-state index contributed by atoms with van der Waals surface area (Å²) in [5, 5.41) is 11.9. The number of benzene rings is 2. The van der Waals surface area contributed by atoms with Gasteiger partial charge in [0.2, 0.25) is 5.91 Å². The third kappa shape index (κ3) is 10.9. The molecule has 37 heavy (non-hydrogen) atoms. The zero-order valence-electron chi connectivity index (χ0n) is 21.6. The zero-order valence-corrected chi connectivity index (χ0v) is 21.6. The van der Waals surface area contributed by atoms with Crippen molar-refractivity contribution in [3.63, 3.8) is 0 Å². The van der Waals surface area contributed by atoms with E-state index in [0.29, 0.717) is 38.6 Å². The van der Waals surface area contributed by atoms with Crippen LogP contribution in [-0.2, 0) is 38.5 Å². The molecule has 0 spiro atoms. The highest BCUT2D eigenvalue weighted by Gasteiger charge is 2.25. The van der Waals surface area contributed by atoms with Crippen LogP contribution in [0.15, 0.2) is 54.6 Å². The number of hydrogen-bond acceptors (Lipinski definition) is 6. The Kier molecular flexibility index (Phi) is 12.3. The van der Waals surface area contributed by atoms with Crippen LogP contribution in [0.5, 0.6) is 0 Å². The van der Waals surface area contributed by atoms with Crippen LogP contribution >= 0.6 is 0 Å². The van der Waals surface area contributed by atoms with Gasteiger partial charge in [0.05, 0.1) is 0 Å². The van der Waals surface area contributed by atoms with Crippen LogP contribution in [0.2, 0.25) is 0 Å². The lowest BCUT2D eigenvalue weighted by molar-refractivity contribution is -0.151. The van der Waals surface area contributed by atoms with Crippen molar-refractivity contribution < 1.29 is 24.3 Å². The fourth-order valence-electron chi connectivity index (χ4n) is 4.77. The van der Waals surface area contributed by atoms with Crippen LogP contribution in [0.25, 0.3) is 0 Å². The minimum atomic E-state index is -0.434. The standard InChI is InChI=1S/C30H40N2O5/c33-26(15-6-1-2-7-18-29(34)32-36)20-24-13-10-14-25(19-24)22-31-28(21-23-11-4-3-5-12-23)30(35)37-27-16-8-9-17-27/h3-5,10-14,19,27-28,31,36H,1-2,6-9,15-18,20-22H2,(H,32,34)/t28-/m0/s1. The quantitative estimate of drug-likeness (QED) is 0.130. The van der Waals surface area contributed by atoms with Crippen molar-refractivity contribution >= 4 is 17.7 Å². The molecule has 0 radical (unpaired) electrons. The van der Waals surface area contributed by atoms with Crippen LogP contribution in [0, 0.1) is 0 Å². The highest BCUT2D eigenvalue weighted by Crippen LogP contribution is 2.22. The summed E-state index contributed by atoms with van der Waals surface area (Å²) in [4.78, 5) is 36.5. The first-order chi connectivity index (χ1) is 18.0. The van der Waals surface area contributed by atoms with Crippen LogP contribution < -0.4 is 10.8 Å². The number of rotatable bonds is 16. The van der Waals surface area contributed by atoms with Gasteiger partial charge in [-0.05, 0) is 61.6 Å². The van der Waals surface area contributed by atoms with E-state index in [4.69, 9.17) is 9.94 Å². The fourth-order valence-corrected chi connectivity index (χ4v) is 4.77. The Morgan fingerprint density at radius 3 is 2.27 bits per heavy atom. The number of Topliss-reactive ketones (excluding diaryl/α,β-unsaturated/α-hetero) is 1. The largest absolute Gasteiger partial charge is 0.461 e. The summed E-state index contributed by atoms with van der Waals surface area (Å²) in [6.45, 7) is 0.515. The summed E-state index contributed by atoms with van der Waals surface area (Å²) in [5.74, 6) is -0.373. The predicted molar refractivity (Wildman–Crippen MR) is 142 cm³/mol. The molecule has 0 aliphatic heterocycles. The van der Waals surface area contributed by atoms with Crippen LogP contribution in [0.3, 0.4) is 0 Å². The van der Waals surface area contributed by atoms with E-state index < -0.39 is 6.04 Å². The van der Waals surface area contributed by atoms with E-state index in [-0.39, 0.29) is 23.8 Å². The van der Waals surface area contributed by atoms with Gasteiger partial charge in [-0.2, -0.15) is 0 Å². The van der Waals surface area contributed by atoms with Crippen LogP contribution in [0.1, 0.15) is 80.9 Å². The van der Waals surface area contributed by atoms with E-state index in [9.17, 15) is 14.4 Å². The topological polar surface area (TPSA) is 105 Å². The second-order valence-corrected chi connectivity index (χ2v) is 9.95. The van der Waals surface area contributed by atoms with E-state index in [1.807, 2.05) is 54.6 Å². The van der Waals surface area contributed by atoms with Crippen molar-refractivity contribution in [2.24, 2.45) is 0 Å². The van der Waals surface area contributed by atoms with Gasteiger partial charge in [-0.15, -0.1) is 0 Å². The van der Waals surface area contributed by atoms with Gasteiger partial charge in [0, 0.05) is 25.8 Å². The van der Waals surface area contributed by atoms with Gasteiger partial charge in [0.1, 0.15) is 17.9 Å². The Balaban J connectivity index is 1.47. The molecule has 0 unspecified atom stereocenters. The molecule has 1 fully saturated rings. The molecule has 2 aromatic rings. The second-order valence-electron chi connectivity index (χ2n) is 9.95. The van der Waals surface area contributed by atoms with E-state index in [1.54, 1.807) is 5.48 Å². The molecule has 3 N–H and O–H groups in total. The Hall–Kier alpha value is -3.03. The first-order valence-corrected chi connectivity index (χ1v) is 13.5. The number of carbonyl (C=O) groups is 3. The molecule has 1 amide bonds. The Morgan fingerprint density at radius 2 is 1.54 bits per heavy atom. The van der Waals surface area contributed by atoms with Gasteiger partial charge >= 0.3 is 5.97 Å². The number of amides is 1. The number of unbranched alkanes of at least 4 members (excludes halogenated alkanes) is 3. The normalized spacial score (nSPS) is 14.3.